The van der Waals surface area contributed by atoms with Gasteiger partial charge in [-0.3, -0.25) is 4.79 Å². The molecule has 0 bridgehead atoms. The highest BCUT2D eigenvalue weighted by Gasteiger charge is 2.10. The lowest BCUT2D eigenvalue weighted by atomic mass is 10.2. The lowest BCUT2D eigenvalue weighted by molar-refractivity contribution is -0.119. The predicted molar refractivity (Wildman–Crippen MR) is 73.0 cm³/mol. The maximum Gasteiger partial charge on any atom is 0.233 e. The highest BCUT2D eigenvalue weighted by atomic mass is 79.9. The standard InChI is InChI=1S/C12H17BrN2O3/c1-14-11(16)7-15-6-8-4-9(13)12(18-3)10(5-8)17-2/h4-5,15H,6-7H2,1-3H3,(H,14,16). The van der Waals surface area contributed by atoms with Crippen LogP contribution in [0.2, 0.25) is 0 Å². The van der Waals surface area contributed by atoms with Crippen molar-refractivity contribution in [3.8, 4) is 11.5 Å². The average molecular weight is 317 g/mol. The van der Waals surface area contributed by atoms with E-state index in [1.807, 2.05) is 12.1 Å². The Morgan fingerprint density at radius 2 is 2.06 bits per heavy atom. The van der Waals surface area contributed by atoms with Crippen molar-refractivity contribution in [1.29, 1.82) is 0 Å². The first-order valence-electron chi connectivity index (χ1n) is 5.44. The number of nitrogens with one attached hydrogen (secondary N) is 2. The number of carbonyl (C=O) groups excluding carboxylic acids is 1. The summed E-state index contributed by atoms with van der Waals surface area (Å²) in [6.45, 7) is 0.856. The monoisotopic (exact) mass is 316 g/mol. The number of methoxy groups -OCH3 is 2. The molecule has 2 N–H and O–H groups in total. The molecule has 0 fully saturated rings. The molecule has 0 saturated heterocycles. The lowest BCUT2D eigenvalue weighted by Crippen LogP contribution is -2.30. The quantitative estimate of drug-likeness (QED) is 0.830. The van der Waals surface area contributed by atoms with Crippen LogP contribution in [0.15, 0.2) is 16.6 Å². The van der Waals surface area contributed by atoms with E-state index in [0.717, 1.165) is 10.0 Å². The van der Waals surface area contributed by atoms with Crippen molar-refractivity contribution < 1.29 is 14.3 Å². The molecule has 0 saturated carbocycles. The fraction of sp³-hybridized carbons (Fsp3) is 0.417. The second-order valence-electron chi connectivity index (χ2n) is 3.59. The first-order chi connectivity index (χ1) is 8.62. The van der Waals surface area contributed by atoms with Crippen molar-refractivity contribution in [2.75, 3.05) is 27.8 Å². The summed E-state index contributed by atoms with van der Waals surface area (Å²) in [6, 6.07) is 3.80. The fourth-order valence-corrected chi connectivity index (χ4v) is 2.13. The second kappa shape index (κ2) is 7.23. The molecule has 0 atom stereocenters. The summed E-state index contributed by atoms with van der Waals surface area (Å²) in [7, 11) is 4.79. The van der Waals surface area contributed by atoms with Crippen molar-refractivity contribution >= 4 is 21.8 Å². The number of benzene rings is 1. The number of ether oxygens (including phenoxy) is 2. The Labute approximate surface area is 115 Å². The van der Waals surface area contributed by atoms with E-state index in [9.17, 15) is 4.79 Å². The molecule has 6 heteroatoms. The summed E-state index contributed by atoms with van der Waals surface area (Å²) >= 11 is 3.42. The van der Waals surface area contributed by atoms with Gasteiger partial charge in [0.05, 0.1) is 25.2 Å². The molecule has 0 aromatic heterocycles. The topological polar surface area (TPSA) is 59.6 Å². The van der Waals surface area contributed by atoms with Crippen molar-refractivity contribution in [1.82, 2.24) is 10.6 Å². The van der Waals surface area contributed by atoms with E-state index in [1.54, 1.807) is 21.3 Å². The third-order valence-electron chi connectivity index (χ3n) is 2.39. The van der Waals surface area contributed by atoms with E-state index < -0.39 is 0 Å². The highest BCUT2D eigenvalue weighted by molar-refractivity contribution is 9.10. The van der Waals surface area contributed by atoms with Gasteiger partial charge in [0.15, 0.2) is 11.5 Å². The third kappa shape index (κ3) is 3.89. The van der Waals surface area contributed by atoms with E-state index in [-0.39, 0.29) is 12.5 Å². The fourth-order valence-electron chi connectivity index (χ4n) is 1.48. The van der Waals surface area contributed by atoms with Gasteiger partial charge < -0.3 is 20.1 Å². The van der Waals surface area contributed by atoms with Crippen LogP contribution in [0.4, 0.5) is 0 Å². The zero-order chi connectivity index (χ0) is 13.5. The van der Waals surface area contributed by atoms with Crippen LogP contribution in [0.25, 0.3) is 0 Å². The molecule has 0 radical (unpaired) electrons. The molecule has 0 aliphatic carbocycles. The van der Waals surface area contributed by atoms with E-state index in [1.165, 1.54) is 0 Å². The number of halogens is 1. The molecular formula is C12H17BrN2O3. The molecule has 100 valence electrons. The first kappa shape index (κ1) is 14.8. The minimum atomic E-state index is -0.0467. The molecule has 5 nitrogen and oxygen atoms in total. The summed E-state index contributed by atoms with van der Waals surface area (Å²) in [6.07, 6.45) is 0. The van der Waals surface area contributed by atoms with Gasteiger partial charge in [-0.1, -0.05) is 0 Å². The van der Waals surface area contributed by atoms with Gasteiger partial charge in [-0.15, -0.1) is 0 Å². The predicted octanol–water partition coefficient (Wildman–Crippen LogP) is 1.30. The first-order valence-corrected chi connectivity index (χ1v) is 6.23. The summed E-state index contributed by atoms with van der Waals surface area (Å²) in [5, 5.41) is 5.59. The minimum Gasteiger partial charge on any atom is -0.493 e. The number of amides is 1. The molecule has 18 heavy (non-hydrogen) atoms. The Hall–Kier alpha value is -1.27. The van der Waals surface area contributed by atoms with Crippen LogP contribution >= 0.6 is 15.9 Å². The van der Waals surface area contributed by atoms with Crippen molar-refractivity contribution in [2.24, 2.45) is 0 Å². The Bertz CT molecular complexity index is 424. The molecule has 1 aromatic carbocycles. The largest absolute Gasteiger partial charge is 0.493 e. The Morgan fingerprint density at radius 3 is 2.61 bits per heavy atom. The van der Waals surface area contributed by atoms with Crippen LogP contribution < -0.4 is 20.1 Å². The van der Waals surface area contributed by atoms with Crippen LogP contribution in [-0.4, -0.2) is 33.7 Å². The molecule has 0 heterocycles. The summed E-state index contributed by atoms with van der Waals surface area (Å²) in [4.78, 5) is 11.1. The zero-order valence-electron chi connectivity index (χ0n) is 10.7. The third-order valence-corrected chi connectivity index (χ3v) is 2.98. The van der Waals surface area contributed by atoms with Gasteiger partial charge in [0.1, 0.15) is 0 Å². The summed E-state index contributed by atoms with van der Waals surface area (Å²) < 4.78 is 11.3. The zero-order valence-corrected chi connectivity index (χ0v) is 12.3. The van der Waals surface area contributed by atoms with Gasteiger partial charge in [-0.2, -0.15) is 0 Å². The average Bonchev–Trinajstić information content (AvgIpc) is 2.37. The number of hydrogen-bond acceptors (Lipinski definition) is 4. The summed E-state index contributed by atoms with van der Waals surface area (Å²) in [5.41, 5.74) is 1.00. The molecule has 0 aliphatic heterocycles. The Kier molecular flexibility index (Phi) is 5.94. The molecule has 0 unspecified atom stereocenters. The molecular weight excluding hydrogens is 300 g/mol. The molecule has 1 aromatic rings. The van der Waals surface area contributed by atoms with E-state index in [4.69, 9.17) is 9.47 Å². The Morgan fingerprint density at radius 1 is 1.33 bits per heavy atom. The van der Waals surface area contributed by atoms with Gasteiger partial charge in [0.2, 0.25) is 5.91 Å². The SMILES string of the molecule is CNC(=O)CNCc1cc(Br)c(OC)c(OC)c1. The molecule has 0 aliphatic rings. The maximum absolute atomic E-state index is 11.1. The van der Waals surface area contributed by atoms with Crippen LogP contribution in [0, 0.1) is 0 Å². The molecule has 1 rings (SSSR count). The van der Waals surface area contributed by atoms with Crippen LogP contribution in [0.3, 0.4) is 0 Å². The van der Waals surface area contributed by atoms with E-state index in [0.29, 0.717) is 18.0 Å². The van der Waals surface area contributed by atoms with Crippen LogP contribution in [0.5, 0.6) is 11.5 Å². The lowest BCUT2D eigenvalue weighted by Gasteiger charge is -2.12. The van der Waals surface area contributed by atoms with Gasteiger partial charge in [-0.25, -0.2) is 0 Å². The van der Waals surface area contributed by atoms with E-state index in [2.05, 4.69) is 26.6 Å². The summed E-state index contributed by atoms with van der Waals surface area (Å²) in [5.74, 6) is 1.27. The maximum atomic E-state index is 11.1. The van der Waals surface area contributed by atoms with Crippen molar-refractivity contribution in [3.63, 3.8) is 0 Å². The van der Waals surface area contributed by atoms with Crippen molar-refractivity contribution in [2.45, 2.75) is 6.54 Å². The van der Waals surface area contributed by atoms with Crippen LogP contribution in [-0.2, 0) is 11.3 Å². The van der Waals surface area contributed by atoms with Crippen molar-refractivity contribution in [3.05, 3.63) is 22.2 Å². The number of rotatable bonds is 6. The van der Waals surface area contributed by atoms with Gasteiger partial charge in [-0.05, 0) is 33.6 Å². The van der Waals surface area contributed by atoms with Crippen LogP contribution in [0.1, 0.15) is 5.56 Å². The second-order valence-corrected chi connectivity index (χ2v) is 4.44. The van der Waals surface area contributed by atoms with Gasteiger partial charge in [0.25, 0.3) is 0 Å². The number of hydrogen-bond donors (Lipinski definition) is 2. The number of carbonyl (C=O) groups is 1. The minimum absolute atomic E-state index is 0.0467. The Balaban J connectivity index is 2.72. The normalized spacial score (nSPS) is 10.0. The number of likely N-dealkylation sites (N-methyl/N-ethyl adjacent to an activating group) is 1. The van der Waals surface area contributed by atoms with E-state index >= 15 is 0 Å². The van der Waals surface area contributed by atoms with Gasteiger partial charge in [0, 0.05) is 13.6 Å². The smallest absolute Gasteiger partial charge is 0.233 e. The molecule has 0 spiro atoms. The van der Waals surface area contributed by atoms with Gasteiger partial charge >= 0.3 is 0 Å². The molecule has 1 amide bonds. The highest BCUT2D eigenvalue weighted by Crippen LogP contribution is 2.36.